The van der Waals surface area contributed by atoms with E-state index >= 15 is 0 Å². The van der Waals surface area contributed by atoms with Gasteiger partial charge in [0.15, 0.2) is 0 Å². The zero-order valence-corrected chi connectivity index (χ0v) is 15.4. The average molecular weight is 392 g/mol. The first-order valence-electron chi connectivity index (χ1n) is 9.15. The standard InChI is InChI=1S/C20H24O8/c21-17(22)13-7-1-3-9-15(13)19(25)27-11-5-6-12-28-20(26)16-10-4-2-8-14(16)18(23)24/h1-6,13-16H,7-12H2,(H,21,22)(H,23,24)/b6-5+/t13-,14-,15+,16+/m1/s1. The van der Waals surface area contributed by atoms with Crippen LogP contribution in [0.25, 0.3) is 0 Å². The van der Waals surface area contributed by atoms with E-state index in [1.165, 1.54) is 12.2 Å². The number of carboxylic acid groups (broad SMARTS) is 2. The molecule has 0 saturated heterocycles. The largest absolute Gasteiger partial charge is 0.481 e. The van der Waals surface area contributed by atoms with Gasteiger partial charge in [0.2, 0.25) is 0 Å². The Bertz CT molecular complexity index is 632. The summed E-state index contributed by atoms with van der Waals surface area (Å²) in [5.41, 5.74) is 0. The topological polar surface area (TPSA) is 127 Å². The molecular formula is C20H24O8. The van der Waals surface area contributed by atoms with Gasteiger partial charge in [-0.1, -0.05) is 24.3 Å². The summed E-state index contributed by atoms with van der Waals surface area (Å²) in [6, 6.07) is 0. The van der Waals surface area contributed by atoms with Crippen LogP contribution in [0.1, 0.15) is 25.7 Å². The Morgan fingerprint density at radius 2 is 1.00 bits per heavy atom. The number of allylic oxidation sites excluding steroid dienone is 4. The lowest BCUT2D eigenvalue weighted by atomic mass is 9.83. The first-order chi connectivity index (χ1) is 13.4. The lowest BCUT2D eigenvalue weighted by Crippen LogP contribution is -2.32. The maximum atomic E-state index is 12.1. The van der Waals surface area contributed by atoms with Gasteiger partial charge in [0.1, 0.15) is 13.2 Å². The number of hydrogen-bond donors (Lipinski definition) is 2. The summed E-state index contributed by atoms with van der Waals surface area (Å²) < 4.78 is 10.2. The van der Waals surface area contributed by atoms with Crippen LogP contribution in [-0.4, -0.2) is 47.3 Å². The Balaban J connectivity index is 1.72. The minimum absolute atomic E-state index is 0.0626. The number of carbonyl (C=O) groups is 4. The van der Waals surface area contributed by atoms with Gasteiger partial charge in [0, 0.05) is 0 Å². The number of carboxylic acids is 2. The molecule has 4 atom stereocenters. The monoisotopic (exact) mass is 392 g/mol. The molecule has 0 aromatic carbocycles. The fraction of sp³-hybridized carbons (Fsp3) is 0.500. The molecule has 0 fully saturated rings. The van der Waals surface area contributed by atoms with Crippen LogP contribution in [0.4, 0.5) is 0 Å². The molecule has 28 heavy (non-hydrogen) atoms. The summed E-state index contributed by atoms with van der Waals surface area (Å²) in [7, 11) is 0. The summed E-state index contributed by atoms with van der Waals surface area (Å²) in [5, 5.41) is 18.3. The van der Waals surface area contributed by atoms with Gasteiger partial charge in [-0.25, -0.2) is 0 Å². The maximum Gasteiger partial charge on any atom is 0.310 e. The van der Waals surface area contributed by atoms with Gasteiger partial charge in [-0.2, -0.15) is 0 Å². The molecule has 2 aliphatic rings. The van der Waals surface area contributed by atoms with Gasteiger partial charge in [-0.3, -0.25) is 19.2 Å². The van der Waals surface area contributed by atoms with Crippen LogP contribution in [0.15, 0.2) is 36.5 Å². The fourth-order valence-electron chi connectivity index (χ4n) is 3.31. The zero-order valence-electron chi connectivity index (χ0n) is 15.4. The molecule has 8 nitrogen and oxygen atoms in total. The van der Waals surface area contributed by atoms with E-state index < -0.39 is 47.5 Å². The SMILES string of the molecule is O=C(OC/C=C/COC(=O)[C@H]1CC=CC[C@H]1C(=O)O)[C@H]1CC=CC[C@H]1C(=O)O. The Morgan fingerprint density at radius 1 is 0.679 bits per heavy atom. The second kappa shape index (κ2) is 10.4. The summed E-state index contributed by atoms with van der Waals surface area (Å²) in [5.74, 6) is -6.17. The first kappa shape index (κ1) is 21.4. The minimum Gasteiger partial charge on any atom is -0.481 e. The van der Waals surface area contributed by atoms with Gasteiger partial charge in [-0.15, -0.1) is 0 Å². The van der Waals surface area contributed by atoms with Crippen LogP contribution in [0.5, 0.6) is 0 Å². The molecule has 0 heterocycles. The molecule has 0 saturated carbocycles. The molecule has 152 valence electrons. The number of carbonyl (C=O) groups excluding carboxylic acids is 2. The van der Waals surface area contributed by atoms with Gasteiger partial charge in [0.25, 0.3) is 0 Å². The van der Waals surface area contributed by atoms with E-state index in [4.69, 9.17) is 19.7 Å². The van der Waals surface area contributed by atoms with E-state index in [2.05, 4.69) is 0 Å². The molecule has 2 aliphatic carbocycles. The highest BCUT2D eigenvalue weighted by atomic mass is 16.5. The number of aliphatic carboxylic acids is 2. The van der Waals surface area contributed by atoms with Gasteiger partial charge < -0.3 is 19.7 Å². The number of esters is 2. The van der Waals surface area contributed by atoms with Crippen molar-refractivity contribution < 1.29 is 38.9 Å². The van der Waals surface area contributed by atoms with Crippen molar-refractivity contribution in [1.82, 2.24) is 0 Å². The molecule has 0 radical (unpaired) electrons. The molecule has 2 rings (SSSR count). The summed E-state index contributed by atoms with van der Waals surface area (Å²) in [4.78, 5) is 46.5. The minimum atomic E-state index is -1.02. The van der Waals surface area contributed by atoms with Crippen LogP contribution in [0.2, 0.25) is 0 Å². The highest BCUT2D eigenvalue weighted by Crippen LogP contribution is 2.28. The number of hydrogen-bond acceptors (Lipinski definition) is 6. The highest BCUT2D eigenvalue weighted by Gasteiger charge is 2.35. The van der Waals surface area contributed by atoms with E-state index in [9.17, 15) is 19.2 Å². The van der Waals surface area contributed by atoms with Gasteiger partial charge >= 0.3 is 23.9 Å². The van der Waals surface area contributed by atoms with Crippen molar-refractivity contribution in [2.75, 3.05) is 13.2 Å². The van der Waals surface area contributed by atoms with E-state index in [1.54, 1.807) is 24.3 Å². The van der Waals surface area contributed by atoms with Gasteiger partial charge in [0.05, 0.1) is 23.7 Å². The Kier molecular flexibility index (Phi) is 7.98. The lowest BCUT2D eigenvalue weighted by molar-refractivity contribution is -0.157. The van der Waals surface area contributed by atoms with Crippen molar-refractivity contribution >= 4 is 23.9 Å². The summed E-state index contributed by atoms with van der Waals surface area (Å²) >= 11 is 0. The van der Waals surface area contributed by atoms with Crippen molar-refractivity contribution in [3.8, 4) is 0 Å². The first-order valence-corrected chi connectivity index (χ1v) is 9.15. The van der Waals surface area contributed by atoms with E-state index in [0.29, 0.717) is 25.7 Å². The highest BCUT2D eigenvalue weighted by molar-refractivity contribution is 5.82. The molecule has 0 aliphatic heterocycles. The van der Waals surface area contributed by atoms with Crippen LogP contribution >= 0.6 is 0 Å². The molecule has 0 unspecified atom stereocenters. The van der Waals surface area contributed by atoms with Crippen LogP contribution in [0.3, 0.4) is 0 Å². The van der Waals surface area contributed by atoms with Crippen molar-refractivity contribution in [3.63, 3.8) is 0 Å². The molecular weight excluding hydrogens is 368 g/mol. The normalized spacial score (nSPS) is 26.7. The predicted molar refractivity (Wildman–Crippen MR) is 97.0 cm³/mol. The molecule has 0 bridgehead atoms. The van der Waals surface area contributed by atoms with Crippen LogP contribution in [0, 0.1) is 23.7 Å². The van der Waals surface area contributed by atoms with Crippen molar-refractivity contribution in [2.45, 2.75) is 25.7 Å². The predicted octanol–water partition coefficient (Wildman–Crippen LogP) is 1.96. The van der Waals surface area contributed by atoms with Crippen LogP contribution < -0.4 is 0 Å². The van der Waals surface area contributed by atoms with E-state index in [1.807, 2.05) is 0 Å². The summed E-state index contributed by atoms with van der Waals surface area (Å²) in [6.07, 6.45) is 11.3. The third-order valence-electron chi connectivity index (χ3n) is 4.91. The van der Waals surface area contributed by atoms with Crippen LogP contribution in [-0.2, 0) is 28.7 Å². The third kappa shape index (κ3) is 5.80. The Morgan fingerprint density at radius 3 is 1.32 bits per heavy atom. The van der Waals surface area contributed by atoms with Crippen molar-refractivity contribution in [1.29, 1.82) is 0 Å². The summed E-state index contributed by atoms with van der Waals surface area (Å²) in [6.45, 7) is -0.125. The van der Waals surface area contributed by atoms with Crippen molar-refractivity contribution in [2.24, 2.45) is 23.7 Å². The molecule has 0 spiro atoms. The van der Waals surface area contributed by atoms with Gasteiger partial charge in [-0.05, 0) is 37.8 Å². The molecule has 2 N–H and O–H groups in total. The second-order valence-corrected chi connectivity index (χ2v) is 6.72. The third-order valence-corrected chi connectivity index (χ3v) is 4.91. The number of ether oxygens (including phenoxy) is 2. The number of rotatable bonds is 8. The van der Waals surface area contributed by atoms with Crippen molar-refractivity contribution in [3.05, 3.63) is 36.5 Å². The average Bonchev–Trinajstić information content (AvgIpc) is 2.70. The molecule has 8 heteroatoms. The Labute approximate surface area is 162 Å². The fourth-order valence-corrected chi connectivity index (χ4v) is 3.31. The smallest absolute Gasteiger partial charge is 0.310 e. The lowest BCUT2D eigenvalue weighted by Gasteiger charge is -2.23. The van der Waals surface area contributed by atoms with E-state index in [-0.39, 0.29) is 13.2 Å². The van der Waals surface area contributed by atoms with E-state index in [0.717, 1.165) is 0 Å². The quantitative estimate of drug-likeness (QED) is 0.474. The Hall–Kier alpha value is -2.90. The maximum absolute atomic E-state index is 12.1. The molecule has 0 amide bonds. The zero-order chi connectivity index (χ0) is 20.5. The molecule has 0 aromatic heterocycles. The molecule has 0 aromatic rings. The second-order valence-electron chi connectivity index (χ2n) is 6.72.